The first-order chi connectivity index (χ1) is 8.20. The smallest absolute Gasteiger partial charge is 0.330 e. The van der Waals surface area contributed by atoms with E-state index in [2.05, 4.69) is 13.2 Å². The lowest BCUT2D eigenvalue weighted by atomic mass is 9.97. The molecule has 0 fully saturated rings. The lowest BCUT2D eigenvalue weighted by Crippen LogP contribution is -2.42. The number of esters is 1. The molecule has 4 heteroatoms. The average Bonchev–Trinajstić information content (AvgIpc) is 2.34. The van der Waals surface area contributed by atoms with E-state index in [-0.39, 0.29) is 12.4 Å². The van der Waals surface area contributed by atoms with Crippen molar-refractivity contribution in [2.24, 2.45) is 0 Å². The Morgan fingerprint density at radius 1 is 1.17 bits per heavy atom. The molecule has 0 saturated heterocycles. The summed E-state index contributed by atoms with van der Waals surface area (Å²) < 4.78 is 10.7. The monoisotopic (exact) mass is 254 g/mol. The van der Waals surface area contributed by atoms with Crippen molar-refractivity contribution in [3.05, 3.63) is 25.3 Å². The second-order valence-electron chi connectivity index (χ2n) is 4.83. The van der Waals surface area contributed by atoms with Gasteiger partial charge in [-0.05, 0) is 33.3 Å². The van der Waals surface area contributed by atoms with Gasteiger partial charge in [0.15, 0.2) is 5.78 Å². The van der Waals surface area contributed by atoms with Gasteiger partial charge in [0.1, 0.15) is 11.2 Å². The topological polar surface area (TPSA) is 52.6 Å². The quantitative estimate of drug-likeness (QED) is 0.493. The van der Waals surface area contributed by atoms with Crippen LogP contribution in [0.4, 0.5) is 0 Å². The van der Waals surface area contributed by atoms with Gasteiger partial charge in [-0.15, -0.1) is 0 Å². The standard InChI is InChI=1S/C14H22O4/c1-7-11(15)14(6,9-3)17-10-13(4,5)18-12(16)8-2/h7-8H,1-2,9-10H2,3-6H3. The molecule has 0 aliphatic carbocycles. The van der Waals surface area contributed by atoms with Crippen LogP contribution in [-0.4, -0.2) is 29.6 Å². The van der Waals surface area contributed by atoms with Crippen LogP contribution in [0.25, 0.3) is 0 Å². The first kappa shape index (κ1) is 16.6. The fourth-order valence-electron chi connectivity index (χ4n) is 1.24. The van der Waals surface area contributed by atoms with Gasteiger partial charge in [-0.3, -0.25) is 4.79 Å². The molecule has 0 bridgehead atoms. The Hall–Kier alpha value is -1.42. The van der Waals surface area contributed by atoms with E-state index in [4.69, 9.17) is 9.47 Å². The number of carbonyl (C=O) groups excluding carboxylic acids is 2. The Bertz CT molecular complexity index is 344. The Balaban J connectivity index is 4.62. The predicted molar refractivity (Wildman–Crippen MR) is 70.2 cm³/mol. The Labute approximate surface area is 109 Å². The highest BCUT2D eigenvalue weighted by molar-refractivity contribution is 5.96. The highest BCUT2D eigenvalue weighted by Gasteiger charge is 2.33. The van der Waals surface area contributed by atoms with Crippen molar-refractivity contribution in [1.82, 2.24) is 0 Å². The van der Waals surface area contributed by atoms with E-state index in [0.717, 1.165) is 6.08 Å². The molecular formula is C14H22O4. The summed E-state index contributed by atoms with van der Waals surface area (Å²) in [6.07, 6.45) is 2.85. The van der Waals surface area contributed by atoms with Gasteiger partial charge in [0.2, 0.25) is 0 Å². The van der Waals surface area contributed by atoms with Crippen LogP contribution < -0.4 is 0 Å². The van der Waals surface area contributed by atoms with E-state index < -0.39 is 17.2 Å². The van der Waals surface area contributed by atoms with Crippen molar-refractivity contribution in [2.75, 3.05) is 6.61 Å². The molecule has 0 saturated carbocycles. The Morgan fingerprint density at radius 2 is 1.72 bits per heavy atom. The first-order valence-electron chi connectivity index (χ1n) is 5.87. The van der Waals surface area contributed by atoms with Crippen LogP contribution in [0.1, 0.15) is 34.1 Å². The van der Waals surface area contributed by atoms with Gasteiger partial charge in [-0.1, -0.05) is 20.1 Å². The van der Waals surface area contributed by atoms with Crippen LogP contribution in [-0.2, 0) is 19.1 Å². The summed E-state index contributed by atoms with van der Waals surface area (Å²) in [5, 5.41) is 0. The van der Waals surface area contributed by atoms with Crippen molar-refractivity contribution < 1.29 is 19.1 Å². The maximum atomic E-state index is 11.7. The second-order valence-corrected chi connectivity index (χ2v) is 4.83. The number of rotatable bonds is 8. The fourth-order valence-corrected chi connectivity index (χ4v) is 1.24. The molecule has 0 N–H and O–H groups in total. The van der Waals surface area contributed by atoms with E-state index in [0.29, 0.717) is 6.42 Å². The van der Waals surface area contributed by atoms with E-state index in [1.165, 1.54) is 6.08 Å². The first-order valence-corrected chi connectivity index (χ1v) is 5.87. The molecule has 4 nitrogen and oxygen atoms in total. The fraction of sp³-hybridized carbons (Fsp3) is 0.571. The molecule has 0 radical (unpaired) electrons. The van der Waals surface area contributed by atoms with Gasteiger partial charge in [0.05, 0.1) is 6.61 Å². The maximum absolute atomic E-state index is 11.7. The molecule has 1 unspecified atom stereocenters. The zero-order chi connectivity index (χ0) is 14.4. The lowest BCUT2D eigenvalue weighted by Gasteiger charge is -2.31. The molecule has 0 aliphatic heterocycles. The van der Waals surface area contributed by atoms with E-state index in [1.807, 2.05) is 6.92 Å². The molecule has 0 aromatic carbocycles. The van der Waals surface area contributed by atoms with Crippen molar-refractivity contribution in [3.63, 3.8) is 0 Å². The van der Waals surface area contributed by atoms with Crippen LogP contribution >= 0.6 is 0 Å². The third-order valence-corrected chi connectivity index (χ3v) is 2.66. The summed E-state index contributed by atoms with van der Waals surface area (Å²) in [6, 6.07) is 0. The highest BCUT2D eigenvalue weighted by atomic mass is 16.6. The molecule has 0 amide bonds. The van der Waals surface area contributed by atoms with Crippen LogP contribution in [0.15, 0.2) is 25.3 Å². The van der Waals surface area contributed by atoms with E-state index in [1.54, 1.807) is 20.8 Å². The Morgan fingerprint density at radius 3 is 2.11 bits per heavy atom. The predicted octanol–water partition coefficient (Wildman–Crippen LogP) is 2.43. The lowest BCUT2D eigenvalue weighted by molar-refractivity contribution is -0.166. The van der Waals surface area contributed by atoms with Gasteiger partial charge in [-0.2, -0.15) is 0 Å². The van der Waals surface area contributed by atoms with Crippen LogP contribution in [0, 0.1) is 0 Å². The van der Waals surface area contributed by atoms with Crippen LogP contribution in [0.5, 0.6) is 0 Å². The minimum atomic E-state index is -0.931. The molecule has 1 atom stereocenters. The Kier molecular flexibility index (Phi) is 5.98. The normalized spacial score (nSPS) is 14.4. The zero-order valence-corrected chi connectivity index (χ0v) is 11.6. The molecule has 0 aromatic heterocycles. The molecule has 0 aromatic rings. The number of hydrogen-bond acceptors (Lipinski definition) is 4. The third-order valence-electron chi connectivity index (χ3n) is 2.66. The van der Waals surface area contributed by atoms with Crippen molar-refractivity contribution >= 4 is 11.8 Å². The van der Waals surface area contributed by atoms with Gasteiger partial charge in [0.25, 0.3) is 0 Å². The minimum absolute atomic E-state index is 0.122. The second kappa shape index (κ2) is 6.50. The van der Waals surface area contributed by atoms with Gasteiger partial charge in [0, 0.05) is 6.08 Å². The molecular weight excluding hydrogens is 232 g/mol. The number of hydrogen-bond donors (Lipinski definition) is 0. The van der Waals surface area contributed by atoms with E-state index >= 15 is 0 Å². The molecule has 0 rings (SSSR count). The maximum Gasteiger partial charge on any atom is 0.330 e. The summed E-state index contributed by atoms with van der Waals surface area (Å²) in [6.45, 7) is 13.9. The van der Waals surface area contributed by atoms with Gasteiger partial charge >= 0.3 is 5.97 Å². The van der Waals surface area contributed by atoms with Gasteiger partial charge < -0.3 is 9.47 Å². The average molecular weight is 254 g/mol. The van der Waals surface area contributed by atoms with Gasteiger partial charge in [-0.25, -0.2) is 4.79 Å². The molecule has 102 valence electrons. The van der Waals surface area contributed by atoms with Crippen molar-refractivity contribution in [3.8, 4) is 0 Å². The highest BCUT2D eigenvalue weighted by Crippen LogP contribution is 2.21. The van der Waals surface area contributed by atoms with Crippen LogP contribution in [0.3, 0.4) is 0 Å². The number of ketones is 1. The number of carbonyl (C=O) groups is 2. The summed E-state index contributed by atoms with van der Waals surface area (Å²) in [5.41, 5.74) is -1.75. The van der Waals surface area contributed by atoms with Crippen molar-refractivity contribution in [1.29, 1.82) is 0 Å². The SMILES string of the molecule is C=CC(=O)OC(C)(C)COC(C)(CC)C(=O)C=C. The number of ether oxygens (including phenoxy) is 2. The van der Waals surface area contributed by atoms with E-state index in [9.17, 15) is 9.59 Å². The van der Waals surface area contributed by atoms with Crippen molar-refractivity contribution in [2.45, 2.75) is 45.3 Å². The summed E-state index contributed by atoms with van der Waals surface area (Å²) in [5.74, 6) is -0.701. The molecule has 0 spiro atoms. The molecule has 18 heavy (non-hydrogen) atoms. The zero-order valence-electron chi connectivity index (χ0n) is 11.6. The van der Waals surface area contributed by atoms with Crippen LogP contribution in [0.2, 0.25) is 0 Å². The minimum Gasteiger partial charge on any atom is -0.454 e. The summed E-state index contributed by atoms with van der Waals surface area (Å²) in [7, 11) is 0. The summed E-state index contributed by atoms with van der Waals surface area (Å²) >= 11 is 0. The third kappa shape index (κ3) is 4.84. The molecule has 0 aliphatic rings. The summed E-state index contributed by atoms with van der Waals surface area (Å²) in [4.78, 5) is 22.8. The largest absolute Gasteiger partial charge is 0.454 e. The molecule has 0 heterocycles.